The van der Waals surface area contributed by atoms with E-state index in [1.165, 1.54) is 11.5 Å². The Hall–Kier alpha value is 0.230. The number of thioether (sulfide) groups is 1. The zero-order valence-corrected chi connectivity index (χ0v) is 9.26. The van der Waals surface area contributed by atoms with Crippen LogP contribution in [0.3, 0.4) is 0 Å². The summed E-state index contributed by atoms with van der Waals surface area (Å²) in [5.74, 6) is 3.43. The molecule has 3 nitrogen and oxygen atoms in total. The van der Waals surface area contributed by atoms with E-state index in [9.17, 15) is 5.11 Å². The van der Waals surface area contributed by atoms with Gasteiger partial charge >= 0.3 is 0 Å². The zero-order valence-electron chi connectivity index (χ0n) is 8.45. The van der Waals surface area contributed by atoms with Gasteiger partial charge in [-0.15, -0.1) is 0 Å². The molecule has 0 amide bonds. The second-order valence-corrected chi connectivity index (χ2v) is 5.28. The molecule has 0 aliphatic carbocycles. The van der Waals surface area contributed by atoms with Crippen molar-refractivity contribution in [3.63, 3.8) is 0 Å². The molecule has 4 heteroatoms. The van der Waals surface area contributed by atoms with E-state index >= 15 is 0 Å². The van der Waals surface area contributed by atoms with Gasteiger partial charge in [0.15, 0.2) is 0 Å². The molecule has 2 fully saturated rings. The lowest BCUT2D eigenvalue weighted by Gasteiger charge is -2.29. The van der Waals surface area contributed by atoms with Crippen LogP contribution in [0.25, 0.3) is 0 Å². The van der Waals surface area contributed by atoms with E-state index < -0.39 is 0 Å². The van der Waals surface area contributed by atoms with Crippen molar-refractivity contribution in [2.24, 2.45) is 11.8 Å². The highest BCUT2D eigenvalue weighted by atomic mass is 32.2. The van der Waals surface area contributed by atoms with Crippen LogP contribution in [0, 0.1) is 11.8 Å². The van der Waals surface area contributed by atoms with E-state index in [2.05, 4.69) is 5.32 Å². The number of nitrogens with one attached hydrogen (secondary N) is 1. The fraction of sp³-hybridized carbons (Fsp3) is 1.00. The molecule has 2 saturated heterocycles. The lowest BCUT2D eigenvalue weighted by molar-refractivity contribution is 0.137. The van der Waals surface area contributed by atoms with Gasteiger partial charge in [0.1, 0.15) is 0 Å². The summed E-state index contributed by atoms with van der Waals surface area (Å²) >= 11 is 1.99. The van der Waals surface area contributed by atoms with E-state index in [-0.39, 0.29) is 0 Å². The molecule has 2 N–H and O–H groups in total. The molecular formula is C10H19NO2S. The molecule has 2 heterocycles. The van der Waals surface area contributed by atoms with E-state index in [4.69, 9.17) is 4.74 Å². The molecule has 0 aromatic carbocycles. The molecule has 82 valence electrons. The highest BCUT2D eigenvalue weighted by Gasteiger charge is 2.26. The monoisotopic (exact) mass is 217 g/mol. The van der Waals surface area contributed by atoms with Crippen LogP contribution < -0.4 is 5.32 Å². The molecule has 0 radical (unpaired) electrons. The molecule has 0 bridgehead atoms. The summed E-state index contributed by atoms with van der Waals surface area (Å²) in [6.45, 7) is 2.96. The van der Waals surface area contributed by atoms with Crippen LogP contribution in [0.1, 0.15) is 6.42 Å². The van der Waals surface area contributed by atoms with Crippen LogP contribution >= 0.6 is 11.8 Å². The third-order valence-electron chi connectivity index (χ3n) is 3.17. The summed E-state index contributed by atoms with van der Waals surface area (Å²) in [6, 6.07) is 0.691. The van der Waals surface area contributed by atoms with Gasteiger partial charge in [-0.05, 0) is 18.3 Å². The largest absolute Gasteiger partial charge is 0.396 e. The Morgan fingerprint density at radius 1 is 1.50 bits per heavy atom. The number of ether oxygens (including phenoxy) is 1. The maximum absolute atomic E-state index is 9.29. The first-order valence-electron chi connectivity index (χ1n) is 5.40. The topological polar surface area (TPSA) is 41.5 Å². The van der Waals surface area contributed by atoms with Crippen molar-refractivity contribution in [3.05, 3.63) is 0 Å². The lowest BCUT2D eigenvalue weighted by atomic mass is 9.92. The van der Waals surface area contributed by atoms with E-state index in [1.54, 1.807) is 0 Å². The first-order valence-corrected chi connectivity index (χ1v) is 6.55. The van der Waals surface area contributed by atoms with Crippen molar-refractivity contribution in [1.29, 1.82) is 0 Å². The van der Waals surface area contributed by atoms with Crippen LogP contribution in [-0.4, -0.2) is 49.0 Å². The van der Waals surface area contributed by atoms with Crippen molar-refractivity contribution >= 4 is 11.8 Å². The van der Waals surface area contributed by atoms with Crippen LogP contribution in [0.2, 0.25) is 0 Å². The van der Waals surface area contributed by atoms with Crippen molar-refractivity contribution in [2.45, 2.75) is 12.5 Å². The normalized spacial score (nSPS) is 30.2. The molecule has 2 aliphatic rings. The molecule has 0 saturated carbocycles. The number of aliphatic hydroxyl groups excluding tert-OH is 1. The van der Waals surface area contributed by atoms with Crippen LogP contribution in [-0.2, 0) is 4.74 Å². The molecule has 2 aliphatic heterocycles. The molecule has 0 spiro atoms. The number of hydrogen-bond acceptors (Lipinski definition) is 4. The van der Waals surface area contributed by atoms with Crippen LogP contribution in [0.5, 0.6) is 0 Å². The SMILES string of the molecule is OCC(CNC1CSC1)C1CCOC1. The van der Waals surface area contributed by atoms with Gasteiger partial charge in [-0.1, -0.05) is 0 Å². The quantitative estimate of drug-likeness (QED) is 0.697. The molecule has 2 atom stereocenters. The number of aliphatic hydroxyl groups is 1. The van der Waals surface area contributed by atoms with Gasteiger partial charge in [0.2, 0.25) is 0 Å². The second kappa shape index (κ2) is 5.35. The molecule has 0 aromatic heterocycles. The standard InChI is InChI=1S/C10H19NO2S/c12-4-9(8-1-2-13-5-8)3-11-10-6-14-7-10/h8-12H,1-7H2. The maximum atomic E-state index is 9.29. The minimum atomic E-state index is 0.293. The average molecular weight is 217 g/mol. The molecular weight excluding hydrogens is 198 g/mol. The predicted octanol–water partition coefficient (Wildman–Crippen LogP) is 0.336. The number of rotatable bonds is 5. The minimum absolute atomic E-state index is 0.293. The summed E-state index contributed by atoms with van der Waals surface area (Å²) in [6.07, 6.45) is 1.12. The van der Waals surface area contributed by atoms with Crippen molar-refractivity contribution < 1.29 is 9.84 Å². The van der Waals surface area contributed by atoms with Crippen LogP contribution in [0.15, 0.2) is 0 Å². The molecule has 2 rings (SSSR count). The number of hydrogen-bond donors (Lipinski definition) is 2. The van der Waals surface area contributed by atoms with Gasteiger partial charge in [0.25, 0.3) is 0 Å². The maximum Gasteiger partial charge on any atom is 0.0499 e. The highest BCUT2D eigenvalue weighted by molar-refractivity contribution is 8.00. The van der Waals surface area contributed by atoms with Gasteiger partial charge < -0.3 is 15.2 Å². The third kappa shape index (κ3) is 2.63. The first kappa shape index (κ1) is 10.7. The Kier molecular flexibility index (Phi) is 4.10. The summed E-state index contributed by atoms with van der Waals surface area (Å²) in [5, 5.41) is 12.8. The van der Waals surface area contributed by atoms with Gasteiger partial charge in [-0.2, -0.15) is 11.8 Å². The van der Waals surface area contributed by atoms with E-state index in [0.29, 0.717) is 24.5 Å². The highest BCUT2D eigenvalue weighted by Crippen LogP contribution is 2.23. The Bertz CT molecular complexity index is 170. The smallest absolute Gasteiger partial charge is 0.0499 e. The average Bonchev–Trinajstić information content (AvgIpc) is 2.62. The first-order chi connectivity index (χ1) is 6.90. The Labute approximate surface area is 89.6 Å². The van der Waals surface area contributed by atoms with Gasteiger partial charge in [0, 0.05) is 43.9 Å². The second-order valence-electron chi connectivity index (χ2n) is 4.21. The van der Waals surface area contributed by atoms with Crippen molar-refractivity contribution in [2.75, 3.05) is 37.9 Å². The van der Waals surface area contributed by atoms with E-state index in [1.807, 2.05) is 11.8 Å². The summed E-state index contributed by atoms with van der Waals surface area (Å²) in [5.41, 5.74) is 0. The van der Waals surface area contributed by atoms with Crippen molar-refractivity contribution in [1.82, 2.24) is 5.32 Å². The minimum Gasteiger partial charge on any atom is -0.396 e. The molecule has 2 unspecified atom stereocenters. The molecule has 14 heavy (non-hydrogen) atoms. The van der Waals surface area contributed by atoms with E-state index in [0.717, 1.165) is 26.2 Å². The fourth-order valence-electron chi connectivity index (χ4n) is 1.98. The van der Waals surface area contributed by atoms with Crippen molar-refractivity contribution in [3.8, 4) is 0 Å². The zero-order chi connectivity index (χ0) is 9.80. The Morgan fingerprint density at radius 2 is 2.36 bits per heavy atom. The van der Waals surface area contributed by atoms with Gasteiger partial charge in [-0.25, -0.2) is 0 Å². The third-order valence-corrected chi connectivity index (χ3v) is 4.45. The fourth-order valence-corrected chi connectivity index (χ4v) is 2.68. The lowest BCUT2D eigenvalue weighted by Crippen LogP contribution is -2.44. The van der Waals surface area contributed by atoms with Crippen LogP contribution in [0.4, 0.5) is 0 Å². The van der Waals surface area contributed by atoms with Gasteiger partial charge in [0.05, 0.1) is 0 Å². The Balaban J connectivity index is 1.68. The predicted molar refractivity (Wildman–Crippen MR) is 58.6 cm³/mol. The summed E-state index contributed by atoms with van der Waals surface area (Å²) in [7, 11) is 0. The summed E-state index contributed by atoms with van der Waals surface area (Å²) in [4.78, 5) is 0. The van der Waals surface area contributed by atoms with Gasteiger partial charge in [-0.3, -0.25) is 0 Å². The molecule has 0 aromatic rings. The summed E-state index contributed by atoms with van der Waals surface area (Å²) < 4.78 is 5.34. The Morgan fingerprint density at radius 3 is 2.86 bits per heavy atom.